The van der Waals surface area contributed by atoms with E-state index in [1.54, 1.807) is 18.2 Å². The van der Waals surface area contributed by atoms with Gasteiger partial charge >= 0.3 is 12.1 Å². The van der Waals surface area contributed by atoms with Crippen LogP contribution in [-0.4, -0.2) is 35.7 Å². The maximum absolute atomic E-state index is 11.7. The third-order valence-corrected chi connectivity index (χ3v) is 2.63. The number of carboxylic acids is 1. The molecule has 0 spiro atoms. The number of halogens is 1. The number of carbonyl (C=O) groups is 2. The first kappa shape index (κ1) is 15.0. The van der Waals surface area contributed by atoms with Gasteiger partial charge in [-0.15, -0.1) is 0 Å². The molecule has 1 amide bonds. The zero-order chi connectivity index (χ0) is 14.4. The van der Waals surface area contributed by atoms with Gasteiger partial charge in [-0.05, 0) is 17.7 Å². The Labute approximate surface area is 116 Å². The summed E-state index contributed by atoms with van der Waals surface area (Å²) in [5.74, 6) is -1.17. The van der Waals surface area contributed by atoms with Gasteiger partial charge in [-0.25, -0.2) is 9.59 Å². The van der Waals surface area contributed by atoms with Crippen LogP contribution in [0.15, 0.2) is 36.9 Å². The van der Waals surface area contributed by atoms with E-state index in [2.05, 4.69) is 6.58 Å². The minimum Gasteiger partial charge on any atom is -0.479 e. The van der Waals surface area contributed by atoms with Gasteiger partial charge in [0.1, 0.15) is 6.61 Å². The van der Waals surface area contributed by atoms with E-state index in [1.165, 1.54) is 19.2 Å². The van der Waals surface area contributed by atoms with Crippen molar-refractivity contribution in [3.05, 3.63) is 47.5 Å². The Bertz CT molecular complexity index is 489. The summed E-state index contributed by atoms with van der Waals surface area (Å²) in [6, 6.07) is 5.17. The predicted octanol–water partition coefficient (Wildman–Crippen LogP) is 2.72. The lowest BCUT2D eigenvalue weighted by Crippen LogP contribution is -2.36. The Morgan fingerprint density at radius 1 is 1.58 bits per heavy atom. The number of hydrogen-bond acceptors (Lipinski definition) is 3. The van der Waals surface area contributed by atoms with Gasteiger partial charge < -0.3 is 9.84 Å². The fourth-order valence-corrected chi connectivity index (χ4v) is 1.74. The standard InChI is InChI=1S/C13H14ClNO4/c1-3-7-19-13(18)15(2)11(12(16)17)9-5-4-6-10(14)8-9/h3-6,8,11H,1,7H2,2H3,(H,16,17). The highest BCUT2D eigenvalue weighted by molar-refractivity contribution is 6.30. The van der Waals surface area contributed by atoms with Crippen LogP contribution in [0.1, 0.15) is 11.6 Å². The molecule has 0 saturated heterocycles. The maximum atomic E-state index is 11.7. The van der Waals surface area contributed by atoms with Gasteiger partial charge in [0.05, 0.1) is 0 Å². The van der Waals surface area contributed by atoms with Crippen LogP contribution in [0, 0.1) is 0 Å². The third kappa shape index (κ3) is 3.99. The number of rotatable bonds is 5. The van der Waals surface area contributed by atoms with Gasteiger partial charge in [0.2, 0.25) is 0 Å². The Hall–Kier alpha value is -2.01. The zero-order valence-corrected chi connectivity index (χ0v) is 11.1. The van der Waals surface area contributed by atoms with Crippen LogP contribution < -0.4 is 0 Å². The number of ether oxygens (including phenoxy) is 1. The molecular formula is C13H14ClNO4. The second-order valence-electron chi connectivity index (χ2n) is 3.77. The van der Waals surface area contributed by atoms with Gasteiger partial charge in [-0.1, -0.05) is 36.4 Å². The van der Waals surface area contributed by atoms with E-state index >= 15 is 0 Å². The van der Waals surface area contributed by atoms with Gasteiger partial charge in [0.25, 0.3) is 0 Å². The molecule has 19 heavy (non-hydrogen) atoms. The number of hydrogen-bond donors (Lipinski definition) is 1. The molecule has 5 nitrogen and oxygen atoms in total. The molecule has 0 fully saturated rings. The summed E-state index contributed by atoms with van der Waals surface area (Å²) in [5.41, 5.74) is 0.401. The first-order chi connectivity index (χ1) is 8.97. The molecule has 0 bridgehead atoms. The molecule has 0 heterocycles. The number of likely N-dealkylation sites (N-methyl/N-ethyl adjacent to an activating group) is 1. The second kappa shape index (κ2) is 6.80. The van der Waals surface area contributed by atoms with Crippen molar-refractivity contribution >= 4 is 23.7 Å². The maximum Gasteiger partial charge on any atom is 0.410 e. The minimum absolute atomic E-state index is 0.0189. The van der Waals surface area contributed by atoms with Crippen LogP contribution in [0.2, 0.25) is 5.02 Å². The smallest absolute Gasteiger partial charge is 0.410 e. The van der Waals surface area contributed by atoms with E-state index < -0.39 is 18.1 Å². The number of benzene rings is 1. The number of carbonyl (C=O) groups excluding carboxylic acids is 1. The molecule has 0 aromatic heterocycles. The highest BCUT2D eigenvalue weighted by Gasteiger charge is 2.29. The Morgan fingerprint density at radius 2 is 2.26 bits per heavy atom. The highest BCUT2D eigenvalue weighted by Crippen LogP contribution is 2.23. The zero-order valence-electron chi connectivity index (χ0n) is 10.4. The summed E-state index contributed by atoms with van der Waals surface area (Å²) >= 11 is 5.82. The fourth-order valence-electron chi connectivity index (χ4n) is 1.55. The average Bonchev–Trinajstić information content (AvgIpc) is 2.35. The molecule has 0 aliphatic heterocycles. The van der Waals surface area contributed by atoms with Crippen molar-refractivity contribution in [2.45, 2.75) is 6.04 Å². The molecule has 0 saturated carbocycles. The quantitative estimate of drug-likeness (QED) is 0.844. The molecule has 0 aliphatic rings. The van der Waals surface area contributed by atoms with Crippen LogP contribution in [0.25, 0.3) is 0 Å². The van der Waals surface area contributed by atoms with Gasteiger partial charge in [-0.2, -0.15) is 0 Å². The van der Waals surface area contributed by atoms with Crippen molar-refractivity contribution in [1.29, 1.82) is 0 Å². The normalized spacial score (nSPS) is 11.5. The molecule has 1 atom stereocenters. The summed E-state index contributed by atoms with van der Waals surface area (Å²) in [6.45, 7) is 3.43. The molecule has 6 heteroatoms. The van der Waals surface area contributed by atoms with E-state index in [9.17, 15) is 14.7 Å². The van der Waals surface area contributed by atoms with Crippen molar-refractivity contribution in [1.82, 2.24) is 4.90 Å². The van der Waals surface area contributed by atoms with Crippen molar-refractivity contribution in [2.75, 3.05) is 13.7 Å². The van der Waals surface area contributed by atoms with Gasteiger partial charge in [0, 0.05) is 12.1 Å². The van der Waals surface area contributed by atoms with Crippen LogP contribution in [0.3, 0.4) is 0 Å². The van der Waals surface area contributed by atoms with Crippen LogP contribution in [0.5, 0.6) is 0 Å². The lowest BCUT2D eigenvalue weighted by atomic mass is 10.1. The molecule has 102 valence electrons. The first-order valence-electron chi connectivity index (χ1n) is 5.46. The van der Waals surface area contributed by atoms with Crippen LogP contribution >= 0.6 is 11.6 Å². The molecule has 1 aromatic rings. The number of nitrogens with zero attached hydrogens (tertiary/aromatic N) is 1. The SMILES string of the molecule is C=CCOC(=O)N(C)C(C(=O)O)c1cccc(Cl)c1. The molecule has 1 aromatic carbocycles. The lowest BCUT2D eigenvalue weighted by molar-refractivity contribution is -0.142. The molecule has 1 unspecified atom stereocenters. The first-order valence-corrected chi connectivity index (χ1v) is 5.84. The van der Waals surface area contributed by atoms with Crippen molar-refractivity contribution < 1.29 is 19.4 Å². The van der Waals surface area contributed by atoms with Crippen molar-refractivity contribution in [3.8, 4) is 0 Å². The molecule has 0 aliphatic carbocycles. The summed E-state index contributed by atoms with van der Waals surface area (Å²) in [7, 11) is 1.35. The highest BCUT2D eigenvalue weighted by atomic mass is 35.5. The van der Waals surface area contributed by atoms with Gasteiger partial charge in [0.15, 0.2) is 6.04 Å². The topological polar surface area (TPSA) is 66.8 Å². The number of carboxylic acid groups (broad SMARTS) is 1. The Balaban J connectivity index is 2.97. The van der Waals surface area contributed by atoms with Crippen LogP contribution in [0.4, 0.5) is 4.79 Å². The average molecular weight is 284 g/mol. The number of aliphatic carboxylic acids is 1. The van der Waals surface area contributed by atoms with E-state index in [0.717, 1.165) is 4.90 Å². The molecule has 0 radical (unpaired) electrons. The summed E-state index contributed by atoms with van der Waals surface area (Å²) in [6.07, 6.45) is 0.660. The van der Waals surface area contributed by atoms with Crippen LogP contribution in [-0.2, 0) is 9.53 Å². The Kier molecular flexibility index (Phi) is 5.38. The van der Waals surface area contributed by atoms with E-state index in [0.29, 0.717) is 10.6 Å². The second-order valence-corrected chi connectivity index (χ2v) is 4.21. The van der Waals surface area contributed by atoms with Crippen molar-refractivity contribution in [3.63, 3.8) is 0 Å². The predicted molar refractivity (Wildman–Crippen MR) is 71.1 cm³/mol. The summed E-state index contributed by atoms with van der Waals surface area (Å²) in [4.78, 5) is 24.0. The summed E-state index contributed by atoms with van der Waals surface area (Å²) < 4.78 is 4.81. The Morgan fingerprint density at radius 3 is 2.79 bits per heavy atom. The van der Waals surface area contributed by atoms with Gasteiger partial charge in [-0.3, -0.25) is 4.90 Å². The number of amides is 1. The monoisotopic (exact) mass is 283 g/mol. The fraction of sp³-hybridized carbons (Fsp3) is 0.231. The molecule has 1 N–H and O–H groups in total. The van der Waals surface area contributed by atoms with E-state index in [4.69, 9.17) is 16.3 Å². The molecule has 1 rings (SSSR count). The lowest BCUT2D eigenvalue weighted by Gasteiger charge is -2.24. The third-order valence-electron chi connectivity index (χ3n) is 2.40. The van der Waals surface area contributed by atoms with E-state index in [1.807, 2.05) is 0 Å². The minimum atomic E-state index is -1.17. The molecular weight excluding hydrogens is 270 g/mol. The summed E-state index contributed by atoms with van der Waals surface area (Å²) in [5, 5.41) is 9.65. The van der Waals surface area contributed by atoms with E-state index in [-0.39, 0.29) is 6.61 Å². The van der Waals surface area contributed by atoms with Crippen molar-refractivity contribution in [2.24, 2.45) is 0 Å². The largest absolute Gasteiger partial charge is 0.479 e.